The zero-order valence-electron chi connectivity index (χ0n) is 12.6. The molecule has 21 heavy (non-hydrogen) atoms. The van der Waals surface area contributed by atoms with Gasteiger partial charge in [0.2, 0.25) is 0 Å². The van der Waals surface area contributed by atoms with Crippen LogP contribution in [0.2, 0.25) is 0 Å². The molecular formula is C15H19N3O2S. The summed E-state index contributed by atoms with van der Waals surface area (Å²) < 4.78 is 0. The summed E-state index contributed by atoms with van der Waals surface area (Å²) in [6.07, 6.45) is 2.01. The van der Waals surface area contributed by atoms with Crippen LogP contribution in [0.15, 0.2) is 40.4 Å². The lowest BCUT2D eigenvalue weighted by atomic mass is 9.94. The van der Waals surface area contributed by atoms with E-state index in [4.69, 9.17) is 0 Å². The quantitative estimate of drug-likeness (QED) is 0.841. The fraction of sp³-hybridized carbons (Fsp3) is 0.333. The van der Waals surface area contributed by atoms with Crippen LogP contribution in [0.5, 0.6) is 0 Å². The van der Waals surface area contributed by atoms with Gasteiger partial charge >= 0.3 is 6.03 Å². The molecule has 1 atom stereocenters. The van der Waals surface area contributed by atoms with Crippen molar-refractivity contribution in [3.05, 3.63) is 41.1 Å². The van der Waals surface area contributed by atoms with Crippen LogP contribution >= 0.6 is 11.8 Å². The summed E-state index contributed by atoms with van der Waals surface area (Å²) in [5, 5.41) is 5.49. The van der Waals surface area contributed by atoms with E-state index in [-0.39, 0.29) is 11.9 Å². The summed E-state index contributed by atoms with van der Waals surface area (Å²) in [7, 11) is 3.40. The van der Waals surface area contributed by atoms with Crippen LogP contribution in [0.25, 0.3) is 0 Å². The zero-order chi connectivity index (χ0) is 15.6. The molecule has 1 aliphatic heterocycles. The van der Waals surface area contributed by atoms with E-state index >= 15 is 0 Å². The van der Waals surface area contributed by atoms with Gasteiger partial charge in [-0.1, -0.05) is 12.1 Å². The average molecular weight is 305 g/mol. The molecule has 0 unspecified atom stereocenters. The van der Waals surface area contributed by atoms with E-state index in [2.05, 4.69) is 10.6 Å². The van der Waals surface area contributed by atoms with Crippen LogP contribution < -0.4 is 10.6 Å². The third kappa shape index (κ3) is 3.21. The number of thioether (sulfide) groups is 1. The van der Waals surface area contributed by atoms with Crippen molar-refractivity contribution in [2.24, 2.45) is 0 Å². The van der Waals surface area contributed by atoms with Gasteiger partial charge in [0.15, 0.2) is 0 Å². The Morgan fingerprint density at radius 1 is 1.24 bits per heavy atom. The number of carbonyl (C=O) groups excluding carboxylic acids is 2. The second kappa shape index (κ2) is 6.22. The molecule has 6 heteroatoms. The Hall–Kier alpha value is -1.95. The van der Waals surface area contributed by atoms with Gasteiger partial charge in [0.1, 0.15) is 0 Å². The molecule has 5 nitrogen and oxygen atoms in total. The van der Waals surface area contributed by atoms with Crippen molar-refractivity contribution in [3.8, 4) is 0 Å². The maximum absolute atomic E-state index is 12.4. The van der Waals surface area contributed by atoms with E-state index in [9.17, 15) is 9.59 Å². The number of hydrogen-bond acceptors (Lipinski definition) is 3. The number of nitrogens with one attached hydrogen (secondary N) is 2. The van der Waals surface area contributed by atoms with Crippen LogP contribution in [-0.4, -0.2) is 37.2 Å². The lowest BCUT2D eigenvalue weighted by molar-refractivity contribution is -0.125. The van der Waals surface area contributed by atoms with E-state index in [0.29, 0.717) is 11.3 Å². The smallest absolute Gasteiger partial charge is 0.319 e. The number of nitrogens with zero attached hydrogens (tertiary/aromatic N) is 1. The Balaban J connectivity index is 2.44. The maximum Gasteiger partial charge on any atom is 0.319 e. The van der Waals surface area contributed by atoms with Gasteiger partial charge in [0.25, 0.3) is 5.91 Å². The van der Waals surface area contributed by atoms with Crippen LogP contribution in [-0.2, 0) is 4.79 Å². The summed E-state index contributed by atoms with van der Waals surface area (Å²) in [6.45, 7) is 1.75. The van der Waals surface area contributed by atoms with E-state index in [1.54, 1.807) is 32.8 Å². The van der Waals surface area contributed by atoms with Gasteiger partial charge < -0.3 is 15.5 Å². The minimum atomic E-state index is -0.426. The van der Waals surface area contributed by atoms with Gasteiger partial charge in [-0.05, 0) is 30.9 Å². The zero-order valence-corrected chi connectivity index (χ0v) is 13.4. The minimum absolute atomic E-state index is 0.112. The third-order valence-electron chi connectivity index (χ3n) is 3.35. The van der Waals surface area contributed by atoms with Gasteiger partial charge in [0, 0.05) is 24.7 Å². The fourth-order valence-electron chi connectivity index (χ4n) is 2.26. The van der Waals surface area contributed by atoms with Crippen molar-refractivity contribution in [3.63, 3.8) is 0 Å². The molecule has 0 saturated carbocycles. The first-order chi connectivity index (χ1) is 9.93. The molecule has 2 N–H and O–H groups in total. The molecule has 1 aliphatic rings. The molecule has 112 valence electrons. The number of urea groups is 1. The summed E-state index contributed by atoms with van der Waals surface area (Å²) in [5.41, 5.74) is 2.06. The summed E-state index contributed by atoms with van der Waals surface area (Å²) >= 11 is 1.65. The average Bonchev–Trinajstić information content (AvgIpc) is 2.46. The highest BCUT2D eigenvalue weighted by Crippen LogP contribution is 2.28. The normalized spacial score (nSPS) is 18.1. The van der Waals surface area contributed by atoms with Crippen molar-refractivity contribution >= 4 is 23.7 Å². The lowest BCUT2D eigenvalue weighted by Gasteiger charge is -2.30. The highest BCUT2D eigenvalue weighted by molar-refractivity contribution is 7.98. The fourth-order valence-corrected chi connectivity index (χ4v) is 2.67. The lowest BCUT2D eigenvalue weighted by Crippen LogP contribution is -2.46. The number of likely N-dealkylation sites (N-methyl/N-ethyl adjacent to an activating group) is 1. The van der Waals surface area contributed by atoms with Crippen molar-refractivity contribution in [2.45, 2.75) is 17.9 Å². The first-order valence-electron chi connectivity index (χ1n) is 6.58. The number of rotatable bonds is 3. The number of carbonyl (C=O) groups is 2. The monoisotopic (exact) mass is 305 g/mol. The Bertz CT molecular complexity index is 593. The van der Waals surface area contributed by atoms with Crippen LogP contribution in [0, 0.1) is 0 Å². The first kappa shape index (κ1) is 15.4. The van der Waals surface area contributed by atoms with Crippen molar-refractivity contribution in [2.75, 3.05) is 20.4 Å². The topological polar surface area (TPSA) is 61.4 Å². The van der Waals surface area contributed by atoms with Gasteiger partial charge in [-0.25, -0.2) is 4.79 Å². The van der Waals surface area contributed by atoms with Crippen LogP contribution in [0.1, 0.15) is 18.5 Å². The molecule has 1 aromatic rings. The molecule has 1 aromatic carbocycles. The molecule has 0 fully saturated rings. The summed E-state index contributed by atoms with van der Waals surface area (Å²) in [4.78, 5) is 26.8. The van der Waals surface area contributed by atoms with Gasteiger partial charge in [-0.2, -0.15) is 0 Å². The predicted molar refractivity (Wildman–Crippen MR) is 84.0 cm³/mol. The van der Waals surface area contributed by atoms with E-state index in [1.165, 1.54) is 4.90 Å². The maximum atomic E-state index is 12.4. The molecule has 3 amide bonds. The largest absolute Gasteiger partial charge is 0.345 e. The van der Waals surface area contributed by atoms with Crippen molar-refractivity contribution in [1.82, 2.24) is 15.5 Å². The molecule has 1 heterocycles. The predicted octanol–water partition coefficient (Wildman–Crippen LogP) is 2.12. The van der Waals surface area contributed by atoms with Gasteiger partial charge in [-0.3, -0.25) is 4.79 Å². The highest BCUT2D eigenvalue weighted by atomic mass is 32.2. The summed E-state index contributed by atoms with van der Waals surface area (Å²) in [6, 6.07) is 7.14. The van der Waals surface area contributed by atoms with E-state index < -0.39 is 6.04 Å². The molecule has 0 saturated heterocycles. The number of benzene rings is 1. The summed E-state index contributed by atoms with van der Waals surface area (Å²) in [5.74, 6) is -0.112. The Labute approximate surface area is 128 Å². The van der Waals surface area contributed by atoms with Gasteiger partial charge in [0.05, 0.1) is 11.6 Å². The number of allylic oxidation sites excluding steroid dienone is 1. The third-order valence-corrected chi connectivity index (χ3v) is 4.10. The Kier molecular flexibility index (Phi) is 4.57. The number of hydrogen-bond donors (Lipinski definition) is 2. The molecule has 0 bridgehead atoms. The SMILES string of the molecule is CSc1ccc([C@H]2NC(=O)NC(C)=C2C(=O)N(C)C)cc1. The van der Waals surface area contributed by atoms with Crippen molar-refractivity contribution < 1.29 is 9.59 Å². The van der Waals surface area contributed by atoms with Gasteiger partial charge in [-0.15, -0.1) is 11.8 Å². The second-order valence-corrected chi connectivity index (χ2v) is 5.92. The van der Waals surface area contributed by atoms with E-state index in [0.717, 1.165) is 10.5 Å². The molecular weight excluding hydrogens is 286 g/mol. The second-order valence-electron chi connectivity index (χ2n) is 5.04. The minimum Gasteiger partial charge on any atom is -0.345 e. The molecule has 0 aliphatic carbocycles. The van der Waals surface area contributed by atoms with Crippen LogP contribution in [0.3, 0.4) is 0 Å². The molecule has 0 radical (unpaired) electrons. The number of amides is 3. The highest BCUT2D eigenvalue weighted by Gasteiger charge is 2.31. The Morgan fingerprint density at radius 2 is 1.86 bits per heavy atom. The first-order valence-corrected chi connectivity index (χ1v) is 7.80. The van der Waals surface area contributed by atoms with Crippen molar-refractivity contribution in [1.29, 1.82) is 0 Å². The molecule has 0 aromatic heterocycles. The van der Waals surface area contributed by atoms with Crippen LogP contribution in [0.4, 0.5) is 4.79 Å². The Morgan fingerprint density at radius 3 is 2.38 bits per heavy atom. The molecule has 0 spiro atoms. The van der Waals surface area contributed by atoms with E-state index in [1.807, 2.05) is 30.5 Å². The molecule has 2 rings (SSSR count). The standard InChI is InChI=1S/C15H19N3O2S/c1-9-12(14(19)18(2)3)13(17-15(20)16-9)10-5-7-11(21-4)8-6-10/h5-8,13H,1-4H3,(H2,16,17,20)/t13-/m1/s1.